The summed E-state index contributed by atoms with van der Waals surface area (Å²) >= 11 is 0. The van der Waals surface area contributed by atoms with Gasteiger partial charge in [-0.05, 0) is 26.8 Å². The second-order valence-corrected chi connectivity index (χ2v) is 5.61. The van der Waals surface area contributed by atoms with Gasteiger partial charge in [0.2, 0.25) is 0 Å². The Labute approximate surface area is 83.4 Å². The minimum atomic E-state index is -0.677. The van der Waals surface area contributed by atoms with Gasteiger partial charge in [-0.1, -0.05) is 6.92 Å². The van der Waals surface area contributed by atoms with Crippen LogP contribution >= 0.6 is 0 Å². The maximum Gasteiger partial charge on any atom is 0.0603 e. The lowest BCUT2D eigenvalue weighted by molar-refractivity contribution is 0.0714. The van der Waals surface area contributed by atoms with Crippen LogP contribution in [0, 0.1) is 0 Å². The number of hydrogen-bond donors (Lipinski definition) is 2. The smallest absolute Gasteiger partial charge is 0.0603 e. The minimum absolute atomic E-state index is 0.600. The lowest BCUT2D eigenvalue weighted by Gasteiger charge is -2.16. The molecule has 0 heterocycles. The summed E-state index contributed by atoms with van der Waals surface area (Å²) in [5.41, 5.74) is -0.600. The van der Waals surface area contributed by atoms with Gasteiger partial charge in [0.15, 0.2) is 0 Å². The average Bonchev–Trinajstić information content (AvgIpc) is 2.01. The molecule has 0 radical (unpaired) electrons. The van der Waals surface area contributed by atoms with Crippen molar-refractivity contribution in [3.63, 3.8) is 0 Å². The highest BCUT2D eigenvalue weighted by molar-refractivity contribution is 7.84. The molecule has 0 aromatic heterocycles. The molecule has 0 rings (SSSR count). The molecule has 1 unspecified atom stereocenters. The van der Waals surface area contributed by atoms with Gasteiger partial charge in [0.1, 0.15) is 0 Å². The first-order valence-corrected chi connectivity index (χ1v) is 6.22. The first-order chi connectivity index (χ1) is 5.95. The van der Waals surface area contributed by atoms with E-state index >= 15 is 0 Å². The molecule has 80 valence electrons. The van der Waals surface area contributed by atoms with Gasteiger partial charge in [-0.15, -0.1) is 0 Å². The first kappa shape index (κ1) is 13.1. The van der Waals surface area contributed by atoms with E-state index in [9.17, 15) is 9.32 Å². The highest BCUT2D eigenvalue weighted by Gasteiger charge is 2.10. The molecule has 0 aromatic rings. The largest absolute Gasteiger partial charge is 0.390 e. The molecule has 0 saturated heterocycles. The monoisotopic (exact) mass is 207 g/mol. The fourth-order valence-electron chi connectivity index (χ4n) is 0.850. The van der Waals surface area contributed by atoms with Crippen molar-refractivity contribution in [3.8, 4) is 0 Å². The molecule has 1 atom stereocenters. The van der Waals surface area contributed by atoms with Crippen molar-refractivity contribution in [3.05, 3.63) is 0 Å². The molecular weight excluding hydrogens is 186 g/mol. The van der Waals surface area contributed by atoms with Gasteiger partial charge in [-0.3, -0.25) is 4.21 Å². The van der Waals surface area contributed by atoms with Crippen LogP contribution in [0.2, 0.25) is 0 Å². The zero-order chi connectivity index (χ0) is 10.3. The van der Waals surface area contributed by atoms with Crippen LogP contribution in [0.15, 0.2) is 0 Å². The molecule has 0 saturated carbocycles. The van der Waals surface area contributed by atoms with Gasteiger partial charge >= 0.3 is 0 Å². The van der Waals surface area contributed by atoms with Crippen LogP contribution in [0.25, 0.3) is 0 Å². The Morgan fingerprint density at radius 1 is 1.38 bits per heavy atom. The standard InChI is InChI=1S/C9H21NO2S/c1-4-13(12)8-7-10-6-5-9(2,3)11/h10-11H,4-8H2,1-3H3. The zero-order valence-corrected chi connectivity index (χ0v) is 9.62. The van der Waals surface area contributed by atoms with E-state index in [1.54, 1.807) is 13.8 Å². The molecule has 0 aliphatic heterocycles. The molecular formula is C9H21NO2S. The van der Waals surface area contributed by atoms with Gasteiger partial charge in [0.25, 0.3) is 0 Å². The maximum atomic E-state index is 11.0. The van der Waals surface area contributed by atoms with Crippen molar-refractivity contribution in [2.75, 3.05) is 24.6 Å². The Hall–Kier alpha value is 0.0700. The van der Waals surface area contributed by atoms with Crippen LogP contribution in [0.3, 0.4) is 0 Å². The Balaban J connectivity index is 3.22. The van der Waals surface area contributed by atoms with Gasteiger partial charge in [0.05, 0.1) is 5.60 Å². The number of nitrogens with one attached hydrogen (secondary N) is 1. The third kappa shape index (κ3) is 9.99. The van der Waals surface area contributed by atoms with Crippen molar-refractivity contribution in [1.82, 2.24) is 5.32 Å². The maximum absolute atomic E-state index is 11.0. The molecule has 0 amide bonds. The molecule has 3 nitrogen and oxygen atoms in total. The van der Waals surface area contributed by atoms with E-state index in [1.807, 2.05) is 6.92 Å². The highest BCUT2D eigenvalue weighted by Crippen LogP contribution is 2.04. The molecule has 0 aliphatic rings. The van der Waals surface area contributed by atoms with E-state index in [0.29, 0.717) is 5.75 Å². The molecule has 0 fully saturated rings. The summed E-state index contributed by atoms with van der Waals surface area (Å²) in [7, 11) is -0.677. The van der Waals surface area contributed by atoms with Crippen molar-refractivity contribution in [1.29, 1.82) is 0 Å². The molecule has 0 aromatic carbocycles. The van der Waals surface area contributed by atoms with Gasteiger partial charge < -0.3 is 10.4 Å². The third-order valence-corrected chi connectivity index (χ3v) is 3.05. The van der Waals surface area contributed by atoms with Crippen LogP contribution < -0.4 is 5.32 Å². The summed E-state index contributed by atoms with van der Waals surface area (Å²) in [6.07, 6.45) is 0.728. The van der Waals surface area contributed by atoms with Gasteiger partial charge in [-0.2, -0.15) is 0 Å². The summed E-state index contributed by atoms with van der Waals surface area (Å²) in [4.78, 5) is 0. The van der Waals surface area contributed by atoms with Crippen LogP contribution in [0.4, 0.5) is 0 Å². The molecule has 2 N–H and O–H groups in total. The SMILES string of the molecule is CCS(=O)CCNCCC(C)(C)O. The van der Waals surface area contributed by atoms with E-state index in [0.717, 1.165) is 25.3 Å². The second-order valence-electron chi connectivity index (χ2n) is 3.75. The highest BCUT2D eigenvalue weighted by atomic mass is 32.2. The summed E-state index contributed by atoms with van der Waals surface area (Å²) < 4.78 is 11.0. The van der Waals surface area contributed by atoms with Crippen molar-refractivity contribution in [2.24, 2.45) is 0 Å². The lowest BCUT2D eigenvalue weighted by atomic mass is 10.1. The number of rotatable bonds is 7. The van der Waals surface area contributed by atoms with Gasteiger partial charge in [0, 0.05) is 28.9 Å². The number of aliphatic hydroxyl groups is 1. The van der Waals surface area contributed by atoms with E-state index in [2.05, 4.69) is 5.32 Å². The van der Waals surface area contributed by atoms with E-state index < -0.39 is 16.4 Å². The van der Waals surface area contributed by atoms with E-state index in [-0.39, 0.29) is 0 Å². The molecule has 0 spiro atoms. The Kier molecular flexibility index (Phi) is 6.55. The summed E-state index contributed by atoms with van der Waals surface area (Å²) in [6, 6.07) is 0. The topological polar surface area (TPSA) is 49.3 Å². The third-order valence-electron chi connectivity index (χ3n) is 1.74. The normalized spacial score (nSPS) is 14.5. The fraction of sp³-hybridized carbons (Fsp3) is 1.00. The average molecular weight is 207 g/mol. The summed E-state index contributed by atoms with van der Waals surface area (Å²) in [5, 5.41) is 12.5. The number of hydrogen-bond acceptors (Lipinski definition) is 3. The van der Waals surface area contributed by atoms with Crippen LogP contribution in [-0.2, 0) is 10.8 Å². The summed E-state index contributed by atoms with van der Waals surface area (Å²) in [6.45, 7) is 7.06. The predicted molar refractivity (Wildman–Crippen MR) is 57.3 cm³/mol. The molecule has 13 heavy (non-hydrogen) atoms. The van der Waals surface area contributed by atoms with Crippen LogP contribution in [-0.4, -0.2) is 39.5 Å². The quantitative estimate of drug-likeness (QED) is 0.598. The van der Waals surface area contributed by atoms with Crippen molar-refractivity contribution in [2.45, 2.75) is 32.8 Å². The molecule has 0 aliphatic carbocycles. The van der Waals surface area contributed by atoms with Crippen LogP contribution in [0.5, 0.6) is 0 Å². The van der Waals surface area contributed by atoms with E-state index in [1.165, 1.54) is 0 Å². The Morgan fingerprint density at radius 2 is 2.00 bits per heavy atom. The Bertz CT molecular complexity index is 154. The predicted octanol–water partition coefficient (Wildman–Crippen LogP) is 0.506. The zero-order valence-electron chi connectivity index (χ0n) is 8.80. The van der Waals surface area contributed by atoms with Crippen LogP contribution in [0.1, 0.15) is 27.2 Å². The second kappa shape index (κ2) is 6.51. The lowest BCUT2D eigenvalue weighted by Crippen LogP contribution is -2.29. The van der Waals surface area contributed by atoms with Crippen molar-refractivity contribution < 1.29 is 9.32 Å². The first-order valence-electron chi connectivity index (χ1n) is 4.74. The van der Waals surface area contributed by atoms with Gasteiger partial charge in [-0.25, -0.2) is 0 Å². The molecule has 4 heteroatoms. The van der Waals surface area contributed by atoms with E-state index in [4.69, 9.17) is 0 Å². The van der Waals surface area contributed by atoms with Crippen molar-refractivity contribution >= 4 is 10.8 Å². The molecule has 0 bridgehead atoms. The summed E-state index contributed by atoms with van der Waals surface area (Å²) in [5.74, 6) is 1.44. The fourth-order valence-corrected chi connectivity index (χ4v) is 1.51. The minimum Gasteiger partial charge on any atom is -0.390 e. The Morgan fingerprint density at radius 3 is 2.46 bits per heavy atom.